The molecular formula is C14H16FN3O3. The summed E-state index contributed by atoms with van der Waals surface area (Å²) in [5, 5.41) is 10.3. The Morgan fingerprint density at radius 2 is 2.19 bits per heavy atom. The lowest BCUT2D eigenvalue weighted by Gasteiger charge is -2.02. The zero-order valence-corrected chi connectivity index (χ0v) is 11.6. The van der Waals surface area contributed by atoms with Crippen molar-refractivity contribution in [3.05, 3.63) is 36.0 Å². The predicted molar refractivity (Wildman–Crippen MR) is 72.9 cm³/mol. The van der Waals surface area contributed by atoms with E-state index in [1.54, 1.807) is 25.3 Å². The number of carbonyl (C=O) groups excluding carboxylic acids is 1. The number of nitrogens with zero attached hydrogens (tertiary/aromatic N) is 2. The van der Waals surface area contributed by atoms with Crippen molar-refractivity contribution in [3.8, 4) is 11.5 Å². The van der Waals surface area contributed by atoms with Crippen molar-refractivity contribution in [3.63, 3.8) is 0 Å². The number of aryl methyl sites for hydroxylation is 1. The molecule has 0 fully saturated rings. The lowest BCUT2D eigenvalue weighted by molar-refractivity contribution is -0.121. The van der Waals surface area contributed by atoms with Crippen molar-refractivity contribution < 1.29 is 18.3 Å². The summed E-state index contributed by atoms with van der Waals surface area (Å²) in [6, 6.07) is 6.15. The molecule has 1 aromatic heterocycles. The number of rotatable bonds is 7. The first-order valence-electron chi connectivity index (χ1n) is 6.53. The number of hydrogen-bond acceptors (Lipinski definition) is 5. The van der Waals surface area contributed by atoms with Gasteiger partial charge < -0.3 is 14.5 Å². The van der Waals surface area contributed by atoms with Gasteiger partial charge in [-0.05, 0) is 12.1 Å². The molecule has 21 heavy (non-hydrogen) atoms. The molecule has 0 aliphatic heterocycles. The van der Waals surface area contributed by atoms with E-state index in [4.69, 9.17) is 9.15 Å². The van der Waals surface area contributed by atoms with Gasteiger partial charge in [0, 0.05) is 26.5 Å². The van der Waals surface area contributed by atoms with Gasteiger partial charge in [-0.3, -0.25) is 4.79 Å². The first kappa shape index (κ1) is 15.1. The number of halogens is 1. The Morgan fingerprint density at radius 3 is 2.95 bits per heavy atom. The van der Waals surface area contributed by atoms with Crippen LogP contribution >= 0.6 is 0 Å². The standard InChI is InChI=1S/C14H16FN3O3/c1-20-9-8-16-12(19)6-7-13-17-18-14(21-13)10-4-2-3-5-11(10)15/h2-5H,6-9H2,1H3,(H,16,19). The molecule has 7 heteroatoms. The molecule has 0 radical (unpaired) electrons. The number of amides is 1. The number of nitrogens with one attached hydrogen (secondary N) is 1. The minimum atomic E-state index is -0.426. The van der Waals surface area contributed by atoms with E-state index in [1.807, 2.05) is 0 Å². The molecule has 6 nitrogen and oxygen atoms in total. The predicted octanol–water partition coefficient (Wildman–Crippen LogP) is 1.57. The Balaban J connectivity index is 1.89. The second kappa shape index (κ2) is 7.49. The number of aromatic nitrogens is 2. The van der Waals surface area contributed by atoms with Crippen LogP contribution in [0.3, 0.4) is 0 Å². The molecule has 2 aromatic rings. The summed E-state index contributed by atoms with van der Waals surface area (Å²) < 4.78 is 23.8. The van der Waals surface area contributed by atoms with Crippen LogP contribution in [0, 0.1) is 5.82 Å². The number of hydrogen-bond donors (Lipinski definition) is 1. The molecule has 0 bridgehead atoms. The molecule has 0 atom stereocenters. The summed E-state index contributed by atoms with van der Waals surface area (Å²) in [6.07, 6.45) is 0.531. The van der Waals surface area contributed by atoms with Crippen LogP contribution in [0.1, 0.15) is 12.3 Å². The van der Waals surface area contributed by atoms with Crippen LogP contribution in [0.15, 0.2) is 28.7 Å². The molecule has 1 N–H and O–H groups in total. The van der Waals surface area contributed by atoms with Gasteiger partial charge in [-0.25, -0.2) is 4.39 Å². The molecule has 1 aromatic carbocycles. The van der Waals surface area contributed by atoms with Gasteiger partial charge in [0.05, 0.1) is 12.2 Å². The van der Waals surface area contributed by atoms with E-state index in [2.05, 4.69) is 15.5 Å². The van der Waals surface area contributed by atoms with Gasteiger partial charge in [0.15, 0.2) is 0 Å². The second-order valence-corrected chi connectivity index (χ2v) is 4.32. The summed E-state index contributed by atoms with van der Waals surface area (Å²) in [4.78, 5) is 11.5. The Hall–Kier alpha value is -2.28. The third-order valence-electron chi connectivity index (χ3n) is 2.77. The van der Waals surface area contributed by atoms with Crippen molar-refractivity contribution in [2.75, 3.05) is 20.3 Å². The van der Waals surface area contributed by atoms with Gasteiger partial charge in [-0.2, -0.15) is 0 Å². The van der Waals surface area contributed by atoms with Crippen molar-refractivity contribution in [2.45, 2.75) is 12.8 Å². The molecular weight excluding hydrogens is 277 g/mol. The summed E-state index contributed by atoms with van der Waals surface area (Å²) in [7, 11) is 1.56. The fraction of sp³-hybridized carbons (Fsp3) is 0.357. The maximum Gasteiger partial charge on any atom is 0.250 e. The van der Waals surface area contributed by atoms with E-state index < -0.39 is 5.82 Å². The third kappa shape index (κ3) is 4.35. The van der Waals surface area contributed by atoms with Gasteiger partial charge in [0.1, 0.15) is 5.82 Å². The Bertz CT molecular complexity index is 601. The van der Waals surface area contributed by atoms with Crippen LogP contribution in [-0.4, -0.2) is 36.4 Å². The number of carbonyl (C=O) groups is 1. The number of ether oxygens (including phenoxy) is 1. The highest BCUT2D eigenvalue weighted by atomic mass is 19.1. The summed E-state index contributed by atoms with van der Waals surface area (Å²) in [5.74, 6) is -0.138. The minimum Gasteiger partial charge on any atom is -0.421 e. The summed E-state index contributed by atoms with van der Waals surface area (Å²) in [5.41, 5.74) is 0.251. The molecule has 0 aliphatic rings. The summed E-state index contributed by atoms with van der Waals surface area (Å²) >= 11 is 0. The van der Waals surface area contributed by atoms with Crippen molar-refractivity contribution >= 4 is 5.91 Å². The SMILES string of the molecule is COCCNC(=O)CCc1nnc(-c2ccccc2F)o1. The number of methoxy groups -OCH3 is 1. The number of benzene rings is 1. The monoisotopic (exact) mass is 293 g/mol. The van der Waals surface area contributed by atoms with E-state index in [1.165, 1.54) is 6.07 Å². The van der Waals surface area contributed by atoms with E-state index in [0.717, 1.165) is 0 Å². The highest BCUT2D eigenvalue weighted by Crippen LogP contribution is 2.21. The van der Waals surface area contributed by atoms with E-state index in [0.29, 0.717) is 25.5 Å². The maximum absolute atomic E-state index is 13.6. The van der Waals surface area contributed by atoms with Crippen LogP contribution in [0.2, 0.25) is 0 Å². The van der Waals surface area contributed by atoms with E-state index in [9.17, 15) is 9.18 Å². The zero-order valence-electron chi connectivity index (χ0n) is 11.6. The molecule has 0 unspecified atom stereocenters. The smallest absolute Gasteiger partial charge is 0.250 e. The van der Waals surface area contributed by atoms with Crippen LogP contribution in [0.4, 0.5) is 4.39 Å². The highest BCUT2D eigenvalue weighted by Gasteiger charge is 2.13. The molecule has 2 rings (SSSR count). The normalized spacial score (nSPS) is 10.6. The van der Waals surface area contributed by atoms with Gasteiger partial charge >= 0.3 is 0 Å². The first-order valence-corrected chi connectivity index (χ1v) is 6.53. The second-order valence-electron chi connectivity index (χ2n) is 4.32. The molecule has 1 amide bonds. The fourth-order valence-corrected chi connectivity index (χ4v) is 1.70. The fourth-order valence-electron chi connectivity index (χ4n) is 1.70. The Kier molecular flexibility index (Phi) is 5.39. The lowest BCUT2D eigenvalue weighted by atomic mass is 10.2. The van der Waals surface area contributed by atoms with Gasteiger partial charge in [-0.15, -0.1) is 10.2 Å². The average Bonchev–Trinajstić information content (AvgIpc) is 2.94. The Labute approximate surface area is 121 Å². The zero-order chi connectivity index (χ0) is 15.1. The largest absolute Gasteiger partial charge is 0.421 e. The Morgan fingerprint density at radius 1 is 1.38 bits per heavy atom. The topological polar surface area (TPSA) is 77.2 Å². The van der Waals surface area contributed by atoms with Crippen molar-refractivity contribution in [1.82, 2.24) is 15.5 Å². The third-order valence-corrected chi connectivity index (χ3v) is 2.77. The van der Waals surface area contributed by atoms with Crippen LogP contribution in [0.25, 0.3) is 11.5 Å². The first-order chi connectivity index (χ1) is 10.2. The lowest BCUT2D eigenvalue weighted by Crippen LogP contribution is -2.27. The van der Waals surface area contributed by atoms with Gasteiger partial charge in [-0.1, -0.05) is 12.1 Å². The molecule has 112 valence electrons. The van der Waals surface area contributed by atoms with Crippen molar-refractivity contribution in [1.29, 1.82) is 0 Å². The molecule has 1 heterocycles. The van der Waals surface area contributed by atoms with Crippen LogP contribution in [-0.2, 0) is 16.0 Å². The van der Waals surface area contributed by atoms with E-state index >= 15 is 0 Å². The molecule has 0 aliphatic carbocycles. The van der Waals surface area contributed by atoms with Crippen LogP contribution < -0.4 is 5.32 Å². The van der Waals surface area contributed by atoms with E-state index in [-0.39, 0.29) is 23.8 Å². The highest BCUT2D eigenvalue weighted by molar-refractivity contribution is 5.75. The molecule has 0 saturated heterocycles. The van der Waals surface area contributed by atoms with Gasteiger partial charge in [0.2, 0.25) is 11.8 Å². The average molecular weight is 293 g/mol. The van der Waals surface area contributed by atoms with Gasteiger partial charge in [0.25, 0.3) is 5.89 Å². The molecule has 0 spiro atoms. The molecule has 0 saturated carbocycles. The van der Waals surface area contributed by atoms with Crippen molar-refractivity contribution in [2.24, 2.45) is 0 Å². The maximum atomic E-state index is 13.6. The van der Waals surface area contributed by atoms with Crippen LogP contribution in [0.5, 0.6) is 0 Å². The minimum absolute atomic E-state index is 0.114. The summed E-state index contributed by atoms with van der Waals surface area (Å²) in [6.45, 7) is 0.920. The quantitative estimate of drug-likeness (QED) is 0.784.